The predicted octanol–water partition coefficient (Wildman–Crippen LogP) is 2.29. The number of methoxy groups -OCH3 is 1. The maximum Gasteiger partial charge on any atom is 0.508 e. The molecule has 0 saturated carbocycles. The number of carbonyl (C=O) groups is 1. The number of fused-ring (bicyclic) bond motifs is 1. The molecule has 0 aliphatic rings. The van der Waals surface area contributed by atoms with Gasteiger partial charge in [-0.2, -0.15) is 0 Å². The maximum atomic E-state index is 10.2. The predicted molar refractivity (Wildman–Crippen MR) is 90.4 cm³/mol. The van der Waals surface area contributed by atoms with Crippen molar-refractivity contribution in [2.24, 2.45) is 5.73 Å². The van der Waals surface area contributed by atoms with Crippen LogP contribution in [0.4, 0.5) is 4.79 Å². The van der Waals surface area contributed by atoms with Crippen molar-refractivity contribution in [2.45, 2.75) is 0 Å². The third-order valence-electron chi connectivity index (χ3n) is 2.39. The van der Waals surface area contributed by atoms with Crippen LogP contribution in [0, 0.1) is 0 Å². The van der Waals surface area contributed by atoms with E-state index in [-0.39, 0.29) is 13.2 Å². The second-order valence-corrected chi connectivity index (χ2v) is 5.21. The van der Waals surface area contributed by atoms with Crippen LogP contribution >= 0.6 is 7.82 Å². The number of benzene rings is 2. The molecule has 0 aliphatic carbocycles. The van der Waals surface area contributed by atoms with E-state index in [9.17, 15) is 9.36 Å². The molecule has 9 heteroatoms. The highest BCUT2D eigenvalue weighted by Gasteiger charge is 2.13. The van der Waals surface area contributed by atoms with E-state index in [1.54, 1.807) is 0 Å². The Morgan fingerprint density at radius 2 is 1.42 bits per heavy atom. The van der Waals surface area contributed by atoms with E-state index >= 15 is 0 Å². The fourth-order valence-electron chi connectivity index (χ4n) is 1.47. The van der Waals surface area contributed by atoms with Crippen molar-refractivity contribution in [2.75, 3.05) is 27.4 Å². The molecule has 0 bridgehead atoms. The van der Waals surface area contributed by atoms with Gasteiger partial charge in [-0.25, -0.2) is 9.36 Å². The molecule has 2 rings (SSSR count). The van der Waals surface area contributed by atoms with Crippen LogP contribution in [-0.4, -0.2) is 43.3 Å². The van der Waals surface area contributed by atoms with Gasteiger partial charge in [-0.1, -0.05) is 48.5 Å². The number of phosphoric ester groups is 1. The van der Waals surface area contributed by atoms with Crippen LogP contribution in [0.5, 0.6) is 0 Å². The lowest BCUT2D eigenvalue weighted by molar-refractivity contribution is 0.0565. The lowest BCUT2D eigenvalue weighted by Crippen LogP contribution is -2.09. The van der Waals surface area contributed by atoms with Crippen LogP contribution in [0.2, 0.25) is 0 Å². The summed E-state index contributed by atoms with van der Waals surface area (Å²) in [4.78, 5) is 26.6. The standard InChI is InChI=1S/C10H8.C4H9O7P.CH5N/c1-2-6-10-8-4-3-7-9(10)5-1;1-9-4(5)10-2-3-11-12(6,7)8;1-2/h1-8H;2-3H2,1H3,(H2,6,7,8);2H2,1H3. The smallest absolute Gasteiger partial charge is 0.438 e. The number of hydrogen-bond acceptors (Lipinski definition) is 6. The average molecular weight is 359 g/mol. The van der Waals surface area contributed by atoms with Gasteiger partial charge in [0, 0.05) is 0 Å². The molecule has 2 aromatic rings. The van der Waals surface area contributed by atoms with Crippen LogP contribution in [0.3, 0.4) is 0 Å². The van der Waals surface area contributed by atoms with Gasteiger partial charge in [-0.3, -0.25) is 4.52 Å². The summed E-state index contributed by atoms with van der Waals surface area (Å²) in [7, 11) is -1.85. The Labute approximate surface area is 140 Å². The molecule has 0 unspecified atom stereocenters. The molecule has 0 radical (unpaired) electrons. The molecule has 0 amide bonds. The third-order valence-corrected chi connectivity index (χ3v) is 2.91. The zero-order chi connectivity index (χ0) is 18.4. The monoisotopic (exact) mass is 359 g/mol. The van der Waals surface area contributed by atoms with Gasteiger partial charge in [0.15, 0.2) is 0 Å². The number of nitrogens with two attached hydrogens (primary N) is 1. The van der Waals surface area contributed by atoms with Crippen LogP contribution < -0.4 is 5.73 Å². The highest BCUT2D eigenvalue weighted by Crippen LogP contribution is 2.35. The Bertz CT molecular complexity index is 579. The van der Waals surface area contributed by atoms with Gasteiger partial charge in [0.25, 0.3) is 0 Å². The SMILES string of the molecule is CN.COC(=O)OCCOP(=O)(O)O.c1ccc2ccccc2c1. The van der Waals surface area contributed by atoms with E-state index in [0.29, 0.717) is 0 Å². The largest absolute Gasteiger partial charge is 0.508 e. The summed E-state index contributed by atoms with van der Waals surface area (Å²) in [6, 6.07) is 16.7. The zero-order valence-corrected chi connectivity index (χ0v) is 14.4. The molecule has 0 fully saturated rings. The summed E-state index contributed by atoms with van der Waals surface area (Å²) in [6.07, 6.45) is -0.927. The van der Waals surface area contributed by atoms with Crippen molar-refractivity contribution < 1.29 is 33.1 Å². The van der Waals surface area contributed by atoms with E-state index in [1.807, 2.05) is 0 Å². The quantitative estimate of drug-likeness (QED) is 0.431. The first-order chi connectivity index (χ1) is 11.4. The minimum Gasteiger partial charge on any atom is -0.438 e. The van der Waals surface area contributed by atoms with Crippen LogP contribution in [-0.2, 0) is 18.6 Å². The summed E-state index contributed by atoms with van der Waals surface area (Å²) in [5.41, 5.74) is 4.50. The number of carbonyl (C=O) groups excluding carboxylic acids is 1. The third kappa shape index (κ3) is 10.7. The van der Waals surface area contributed by atoms with Crippen LogP contribution in [0.25, 0.3) is 10.8 Å². The van der Waals surface area contributed by atoms with Crippen molar-refractivity contribution in [3.05, 3.63) is 48.5 Å². The molecule has 0 spiro atoms. The van der Waals surface area contributed by atoms with Crippen LogP contribution in [0.1, 0.15) is 0 Å². The molecule has 24 heavy (non-hydrogen) atoms. The van der Waals surface area contributed by atoms with Gasteiger partial charge in [0.05, 0.1) is 13.7 Å². The molecule has 4 N–H and O–H groups in total. The second-order valence-electron chi connectivity index (χ2n) is 3.97. The number of phosphoric acid groups is 1. The molecule has 0 saturated heterocycles. The summed E-state index contributed by atoms with van der Waals surface area (Å²) in [5, 5.41) is 2.62. The van der Waals surface area contributed by atoms with Gasteiger partial charge in [-0.05, 0) is 17.8 Å². The zero-order valence-electron chi connectivity index (χ0n) is 13.5. The fraction of sp³-hybridized carbons (Fsp3) is 0.267. The molecule has 0 aliphatic heterocycles. The summed E-state index contributed by atoms with van der Waals surface area (Å²) in [5.74, 6) is 0. The van der Waals surface area contributed by atoms with E-state index in [2.05, 4.69) is 68.3 Å². The van der Waals surface area contributed by atoms with E-state index in [0.717, 1.165) is 7.11 Å². The molecular formula is C15H22NO7P. The fourth-order valence-corrected chi connectivity index (χ4v) is 1.79. The highest BCUT2D eigenvalue weighted by atomic mass is 31.2. The first kappa shape index (κ1) is 22.0. The molecule has 134 valence electrons. The van der Waals surface area contributed by atoms with E-state index in [4.69, 9.17) is 9.79 Å². The lowest BCUT2D eigenvalue weighted by Gasteiger charge is -2.04. The molecule has 0 heterocycles. The van der Waals surface area contributed by atoms with Gasteiger partial charge >= 0.3 is 14.0 Å². The highest BCUT2D eigenvalue weighted by molar-refractivity contribution is 7.46. The molecule has 0 atom stereocenters. The Kier molecular flexibility index (Phi) is 11.4. The molecule has 0 aromatic heterocycles. The number of hydrogen-bond donors (Lipinski definition) is 3. The van der Waals surface area contributed by atoms with Crippen LogP contribution in [0.15, 0.2) is 48.5 Å². The summed E-state index contributed by atoms with van der Waals surface area (Å²) >= 11 is 0. The van der Waals surface area contributed by atoms with Crippen molar-refractivity contribution in [1.82, 2.24) is 0 Å². The Balaban J connectivity index is 0.000000402. The number of ether oxygens (including phenoxy) is 2. The van der Waals surface area contributed by atoms with Crippen molar-refractivity contribution in [3.8, 4) is 0 Å². The first-order valence-corrected chi connectivity index (χ1v) is 8.38. The molecular weight excluding hydrogens is 337 g/mol. The number of rotatable bonds is 4. The van der Waals surface area contributed by atoms with Crippen molar-refractivity contribution >= 4 is 24.8 Å². The van der Waals surface area contributed by atoms with E-state index in [1.165, 1.54) is 17.8 Å². The van der Waals surface area contributed by atoms with Gasteiger partial charge < -0.3 is 25.0 Å². The molecule has 8 nitrogen and oxygen atoms in total. The van der Waals surface area contributed by atoms with Gasteiger partial charge in [0.2, 0.25) is 0 Å². The van der Waals surface area contributed by atoms with E-state index < -0.39 is 14.0 Å². The van der Waals surface area contributed by atoms with Crippen molar-refractivity contribution in [1.29, 1.82) is 0 Å². The van der Waals surface area contributed by atoms with Gasteiger partial charge in [-0.15, -0.1) is 0 Å². The Hall–Kier alpha value is -1.96. The minimum absolute atomic E-state index is 0.266. The average Bonchev–Trinajstić information content (AvgIpc) is 2.60. The van der Waals surface area contributed by atoms with Gasteiger partial charge in [0.1, 0.15) is 6.61 Å². The first-order valence-electron chi connectivity index (χ1n) is 6.85. The summed E-state index contributed by atoms with van der Waals surface area (Å²) < 4.78 is 22.3. The normalized spacial score (nSPS) is 9.88. The topological polar surface area (TPSA) is 128 Å². The Morgan fingerprint density at radius 3 is 1.75 bits per heavy atom. The lowest BCUT2D eigenvalue weighted by atomic mass is 10.1. The van der Waals surface area contributed by atoms with Crippen molar-refractivity contribution in [3.63, 3.8) is 0 Å². The maximum absolute atomic E-state index is 10.2. The minimum atomic E-state index is -4.47. The Morgan fingerprint density at radius 1 is 1.00 bits per heavy atom. The summed E-state index contributed by atoms with van der Waals surface area (Å²) in [6.45, 7) is -0.642. The second kappa shape index (κ2) is 12.5. The molecule has 2 aromatic carbocycles.